The molecular formula is C56H33IrN3O-2. The molecule has 0 N–H and O–H groups in total. The predicted molar refractivity (Wildman–Crippen MR) is 249 cm³/mol. The van der Waals surface area contributed by atoms with Crippen LogP contribution in [0.4, 0.5) is 0 Å². The van der Waals surface area contributed by atoms with Crippen molar-refractivity contribution in [3.63, 3.8) is 0 Å². The quantitative estimate of drug-likeness (QED) is 0.128. The van der Waals surface area contributed by atoms with Gasteiger partial charge in [-0.25, -0.2) is 0 Å². The van der Waals surface area contributed by atoms with Gasteiger partial charge in [-0.3, -0.25) is 4.98 Å². The Kier molecular flexibility index (Phi) is 9.00. The van der Waals surface area contributed by atoms with Gasteiger partial charge < -0.3 is 13.8 Å². The smallest absolute Gasteiger partial charge is 0.121 e. The van der Waals surface area contributed by atoms with Gasteiger partial charge in [0.1, 0.15) is 5.58 Å². The summed E-state index contributed by atoms with van der Waals surface area (Å²) < 4.78 is 9.13. The first kappa shape index (κ1) is 36.6. The molecule has 0 fully saturated rings. The summed E-state index contributed by atoms with van der Waals surface area (Å²) >= 11 is 0. The van der Waals surface area contributed by atoms with E-state index in [9.17, 15) is 0 Å². The minimum absolute atomic E-state index is 0. The van der Waals surface area contributed by atoms with Crippen molar-refractivity contribution in [1.29, 1.82) is 0 Å². The molecule has 1 radical (unpaired) electrons. The van der Waals surface area contributed by atoms with Crippen molar-refractivity contribution in [3.05, 3.63) is 212 Å². The number of hydrogen-bond donors (Lipinski definition) is 0. The molecule has 9 aromatic carbocycles. The Morgan fingerprint density at radius 3 is 1.90 bits per heavy atom. The zero-order chi connectivity index (χ0) is 39.6. The average Bonchev–Trinajstić information content (AvgIpc) is 3.91. The first-order valence-corrected chi connectivity index (χ1v) is 20.2. The second-order valence-corrected chi connectivity index (χ2v) is 15.1. The van der Waals surface area contributed by atoms with Crippen LogP contribution in [0, 0.1) is 12.1 Å². The monoisotopic (exact) mass is 956 g/mol. The van der Waals surface area contributed by atoms with Crippen LogP contribution in [-0.2, 0) is 20.1 Å². The zero-order valence-electron chi connectivity index (χ0n) is 32.6. The van der Waals surface area contributed by atoms with Crippen LogP contribution in [0.1, 0.15) is 0 Å². The molecule has 0 saturated carbocycles. The van der Waals surface area contributed by atoms with E-state index < -0.39 is 0 Å². The Bertz CT molecular complexity index is 3800. The molecule has 0 aliphatic carbocycles. The number of para-hydroxylation sites is 2. The van der Waals surface area contributed by atoms with Gasteiger partial charge in [0.15, 0.2) is 0 Å². The summed E-state index contributed by atoms with van der Waals surface area (Å²) in [4.78, 5) is 9.60. The summed E-state index contributed by atoms with van der Waals surface area (Å²) in [6, 6.07) is 74.5. The van der Waals surface area contributed by atoms with Crippen molar-refractivity contribution < 1.29 is 24.5 Å². The number of fused-ring (bicyclic) bond motifs is 13. The van der Waals surface area contributed by atoms with Gasteiger partial charge in [-0.05, 0) is 79.1 Å². The Labute approximate surface area is 364 Å². The molecule has 13 aromatic rings. The minimum Gasteiger partial charge on any atom is -0.501 e. The fraction of sp³-hybridized carbons (Fsp3) is 0. The van der Waals surface area contributed by atoms with Crippen LogP contribution in [0.3, 0.4) is 0 Å². The van der Waals surface area contributed by atoms with Crippen LogP contribution < -0.4 is 0 Å². The van der Waals surface area contributed by atoms with Crippen molar-refractivity contribution in [2.45, 2.75) is 0 Å². The van der Waals surface area contributed by atoms with Crippen LogP contribution in [-0.4, -0.2) is 14.4 Å². The summed E-state index contributed by atoms with van der Waals surface area (Å²) in [5, 5.41) is 14.1. The number of furan rings is 1. The third-order valence-electron chi connectivity index (χ3n) is 11.7. The van der Waals surface area contributed by atoms with E-state index in [2.05, 4.69) is 167 Å². The minimum atomic E-state index is 0. The van der Waals surface area contributed by atoms with E-state index in [0.29, 0.717) is 0 Å². The molecule has 4 aromatic heterocycles. The standard InChI is InChI=1S/C45H25N2O.C11H8N.Ir/c1-2-12-29-27(11-1)23-24-28-25-42-39(26-38(28)29)36-19-9-20-37(44(36)48-42)45-46-40-21-10-18-35-33-16-6-4-14-31(33)30-13-3-5-15-32(30)34-17-7-8-22-41(34)47(45)43(35)40;1-2-6-10(7-3-1)11-8-4-5-9-12-11;/h1-19,21-26H;1-6,8-9H;/q2*-1;. The number of imidazole rings is 1. The fourth-order valence-corrected chi connectivity index (χ4v) is 9.03. The molecule has 0 aliphatic rings. The number of nitrogens with zero attached hydrogens (tertiary/aromatic N) is 3. The van der Waals surface area contributed by atoms with E-state index in [0.717, 1.165) is 77.3 Å². The van der Waals surface area contributed by atoms with E-state index >= 15 is 0 Å². The van der Waals surface area contributed by atoms with E-state index in [1.54, 1.807) is 6.20 Å². The van der Waals surface area contributed by atoms with Gasteiger partial charge in [-0.1, -0.05) is 138 Å². The van der Waals surface area contributed by atoms with Crippen molar-refractivity contribution in [3.8, 4) is 22.6 Å². The molecule has 0 bridgehead atoms. The maximum Gasteiger partial charge on any atom is 0.121 e. The van der Waals surface area contributed by atoms with Crippen LogP contribution in [0.5, 0.6) is 0 Å². The van der Waals surface area contributed by atoms with Crippen LogP contribution in [0.2, 0.25) is 0 Å². The van der Waals surface area contributed by atoms with Gasteiger partial charge in [-0.2, -0.15) is 0 Å². The molecule has 0 aliphatic heterocycles. The van der Waals surface area contributed by atoms with Gasteiger partial charge in [-0.15, -0.1) is 54.1 Å². The molecule has 4 nitrogen and oxygen atoms in total. The van der Waals surface area contributed by atoms with Crippen molar-refractivity contribution in [2.24, 2.45) is 0 Å². The molecular weight excluding hydrogens is 923 g/mol. The summed E-state index contributed by atoms with van der Waals surface area (Å²) in [7, 11) is 0. The third kappa shape index (κ3) is 6.01. The van der Waals surface area contributed by atoms with E-state index in [1.165, 1.54) is 37.7 Å². The predicted octanol–water partition coefficient (Wildman–Crippen LogP) is 14.7. The summed E-state index contributed by atoms with van der Waals surface area (Å²) in [6.45, 7) is 0. The third-order valence-corrected chi connectivity index (χ3v) is 11.7. The number of benzene rings is 9. The van der Waals surface area contributed by atoms with E-state index in [1.807, 2.05) is 48.5 Å². The maximum absolute atomic E-state index is 6.80. The summed E-state index contributed by atoms with van der Waals surface area (Å²) in [6.07, 6.45) is 1.79. The Morgan fingerprint density at radius 2 is 1.13 bits per heavy atom. The first-order chi connectivity index (χ1) is 29.8. The Hall–Kier alpha value is -7.43. The normalized spacial score (nSPS) is 11.5. The molecule has 0 unspecified atom stereocenters. The molecule has 0 atom stereocenters. The summed E-state index contributed by atoms with van der Waals surface area (Å²) in [5.41, 5.74) is 7.57. The molecule has 0 amide bonds. The topological polar surface area (TPSA) is 43.3 Å². The van der Waals surface area contributed by atoms with Crippen LogP contribution >= 0.6 is 0 Å². The second kappa shape index (κ2) is 15.0. The SMILES string of the molecule is [Ir].[c-]1ccc2c(oc3cc4ccc5ccccc5c4cc32)c1-c1nc2cccc3c4ccccc4c4ccccc4c4ccccc4n1c23.[c-]1ccccc1-c1ccccn1. The second-order valence-electron chi connectivity index (χ2n) is 15.1. The van der Waals surface area contributed by atoms with Gasteiger partial charge in [0, 0.05) is 48.0 Å². The largest absolute Gasteiger partial charge is 0.501 e. The molecule has 61 heavy (non-hydrogen) atoms. The van der Waals surface area contributed by atoms with E-state index in [-0.39, 0.29) is 20.1 Å². The van der Waals surface area contributed by atoms with Gasteiger partial charge in [0.2, 0.25) is 0 Å². The van der Waals surface area contributed by atoms with E-state index in [4.69, 9.17) is 9.40 Å². The number of pyridine rings is 1. The maximum atomic E-state index is 6.80. The van der Waals surface area contributed by atoms with Gasteiger partial charge in [0.05, 0.1) is 22.4 Å². The molecule has 13 rings (SSSR count). The summed E-state index contributed by atoms with van der Waals surface area (Å²) in [5.74, 6) is 0.807. The molecule has 0 saturated heterocycles. The number of rotatable bonds is 2. The van der Waals surface area contributed by atoms with Crippen molar-refractivity contribution in [2.75, 3.05) is 0 Å². The average molecular weight is 956 g/mol. The molecule has 0 spiro atoms. The van der Waals surface area contributed by atoms with Gasteiger partial charge >= 0.3 is 0 Å². The van der Waals surface area contributed by atoms with Gasteiger partial charge in [0.25, 0.3) is 0 Å². The molecule has 289 valence electrons. The Balaban J connectivity index is 0.000000280. The molecule has 5 heteroatoms. The number of aromatic nitrogens is 3. The molecule has 4 heterocycles. The Morgan fingerprint density at radius 1 is 0.459 bits per heavy atom. The zero-order valence-corrected chi connectivity index (χ0v) is 35.0. The number of hydrogen-bond acceptors (Lipinski definition) is 3. The van der Waals surface area contributed by atoms with Crippen molar-refractivity contribution in [1.82, 2.24) is 14.4 Å². The van der Waals surface area contributed by atoms with Crippen LogP contribution in [0.25, 0.3) is 115 Å². The van der Waals surface area contributed by atoms with Crippen LogP contribution in [0.15, 0.2) is 205 Å². The fourth-order valence-electron chi connectivity index (χ4n) is 9.03. The van der Waals surface area contributed by atoms with Crippen molar-refractivity contribution >= 4 is 92.4 Å². The first-order valence-electron chi connectivity index (χ1n) is 20.2.